The average Bonchev–Trinajstić information content (AvgIpc) is 3.17. The number of carboxylic acids is 2. The highest BCUT2D eigenvalue weighted by Gasteiger charge is 2.58. The van der Waals surface area contributed by atoms with Gasteiger partial charge in [0.2, 0.25) is 5.91 Å². The van der Waals surface area contributed by atoms with E-state index in [2.05, 4.69) is 5.32 Å². The van der Waals surface area contributed by atoms with Crippen molar-refractivity contribution in [2.75, 3.05) is 13.2 Å². The van der Waals surface area contributed by atoms with E-state index >= 15 is 0 Å². The van der Waals surface area contributed by atoms with Gasteiger partial charge >= 0.3 is 31.1 Å². The van der Waals surface area contributed by atoms with E-state index in [1.807, 2.05) is 6.07 Å². The van der Waals surface area contributed by atoms with Crippen molar-refractivity contribution >= 4 is 37.0 Å². The second kappa shape index (κ2) is 12.9. The van der Waals surface area contributed by atoms with Crippen LogP contribution in [0.25, 0.3) is 0 Å². The summed E-state index contributed by atoms with van der Waals surface area (Å²) < 4.78 is 16.2. The summed E-state index contributed by atoms with van der Waals surface area (Å²) in [6.07, 6.45) is -0.786. The van der Waals surface area contributed by atoms with Crippen LogP contribution in [0.15, 0.2) is 30.3 Å². The molecule has 2 saturated heterocycles. The van der Waals surface area contributed by atoms with Crippen molar-refractivity contribution in [2.24, 2.45) is 0 Å². The number of amides is 2. The summed E-state index contributed by atoms with van der Waals surface area (Å²) in [5.74, 6) is -5.48. The van der Waals surface area contributed by atoms with Gasteiger partial charge in [-0.2, -0.15) is 5.26 Å². The Labute approximate surface area is 218 Å². The van der Waals surface area contributed by atoms with Gasteiger partial charge in [-0.3, -0.25) is 19.2 Å². The minimum absolute atomic E-state index is 0.0836. The first kappa shape index (κ1) is 28.5. The molecule has 3 N–H and O–H groups in total. The first-order chi connectivity index (χ1) is 18.1. The molecule has 14 heteroatoms. The molecule has 2 unspecified atom stereocenters. The van der Waals surface area contributed by atoms with Gasteiger partial charge in [0.1, 0.15) is 13.0 Å². The third-order valence-corrected chi connectivity index (χ3v) is 6.33. The number of rotatable bonds is 11. The Balaban J connectivity index is 1.73. The molecule has 3 rings (SSSR count). The Hall–Kier alpha value is -4.12. The Morgan fingerprint density at radius 2 is 1.87 bits per heavy atom. The van der Waals surface area contributed by atoms with Crippen LogP contribution in [0, 0.1) is 11.3 Å². The third-order valence-electron chi connectivity index (χ3n) is 6.33. The maximum atomic E-state index is 12.8. The molecule has 2 heterocycles. The van der Waals surface area contributed by atoms with Crippen LogP contribution in [0.2, 0.25) is 0 Å². The van der Waals surface area contributed by atoms with Gasteiger partial charge in [0, 0.05) is 6.54 Å². The van der Waals surface area contributed by atoms with Crippen LogP contribution in [0.1, 0.15) is 44.1 Å². The molecule has 0 radical (unpaired) electrons. The Bertz CT molecular complexity index is 1080. The number of nitrogens with one attached hydrogen (secondary N) is 1. The predicted molar refractivity (Wildman–Crippen MR) is 128 cm³/mol. The molecule has 2 amide bonds. The standard InChI is InChI=1S/C24H28BN3O10/c26-10-9-19(29)28-11-5-4-8-17(28)15-36-23(35)27-18(12-16-6-2-1-3-7-16)25-37-22(34)24(38-25,13-20(30)31)14-21(32)33/h1-3,6-7,17-18H,4-5,8-9,11-15H2,(H,27,35)(H,30,31)(H,32,33). The number of ether oxygens (including phenoxy) is 1. The molecule has 0 bridgehead atoms. The largest absolute Gasteiger partial charge is 0.552 e. The molecule has 0 saturated carbocycles. The molecule has 0 spiro atoms. The Morgan fingerprint density at radius 1 is 1.18 bits per heavy atom. The molecule has 13 nitrogen and oxygen atoms in total. The molecule has 202 valence electrons. The van der Waals surface area contributed by atoms with Crippen LogP contribution in [-0.2, 0) is 39.6 Å². The van der Waals surface area contributed by atoms with Gasteiger partial charge in [0.05, 0.1) is 30.9 Å². The number of carbonyl (C=O) groups is 5. The summed E-state index contributed by atoms with van der Waals surface area (Å²) >= 11 is 0. The minimum Gasteiger partial charge on any atom is -0.506 e. The van der Waals surface area contributed by atoms with Gasteiger partial charge in [-0.25, -0.2) is 4.79 Å². The van der Waals surface area contributed by atoms with E-state index in [4.69, 9.17) is 19.3 Å². The van der Waals surface area contributed by atoms with Crippen molar-refractivity contribution in [3.8, 4) is 6.07 Å². The molecule has 0 aliphatic carbocycles. The molecule has 0 aromatic heterocycles. The monoisotopic (exact) mass is 529 g/mol. The van der Waals surface area contributed by atoms with Crippen molar-refractivity contribution in [3.05, 3.63) is 35.9 Å². The fourth-order valence-corrected chi connectivity index (χ4v) is 4.57. The van der Waals surface area contributed by atoms with Crippen molar-refractivity contribution in [2.45, 2.75) is 62.5 Å². The van der Waals surface area contributed by atoms with Crippen molar-refractivity contribution in [1.82, 2.24) is 10.2 Å². The van der Waals surface area contributed by atoms with Gasteiger partial charge in [-0.15, -0.1) is 0 Å². The second-order valence-electron chi connectivity index (χ2n) is 9.14. The SMILES string of the molecule is N#CCC(=O)N1CCCCC1COC(=O)NC(Cc1ccccc1)B1OC(=O)C(CC(=O)O)(CC(=O)O)O1. The van der Waals surface area contributed by atoms with Crippen molar-refractivity contribution in [3.63, 3.8) is 0 Å². The fourth-order valence-electron chi connectivity index (χ4n) is 4.57. The lowest BCUT2D eigenvalue weighted by Gasteiger charge is -2.35. The summed E-state index contributed by atoms with van der Waals surface area (Å²) in [6.45, 7) is 0.322. The van der Waals surface area contributed by atoms with Crippen LogP contribution in [0.3, 0.4) is 0 Å². The van der Waals surface area contributed by atoms with E-state index in [1.165, 1.54) is 4.90 Å². The van der Waals surface area contributed by atoms with E-state index in [0.717, 1.165) is 12.8 Å². The molecule has 2 aliphatic rings. The second-order valence-corrected chi connectivity index (χ2v) is 9.14. The zero-order valence-corrected chi connectivity index (χ0v) is 20.5. The van der Waals surface area contributed by atoms with Crippen molar-refractivity contribution < 1.29 is 48.2 Å². The number of piperidine rings is 1. The topological polar surface area (TPSA) is 193 Å². The number of carbonyl (C=O) groups excluding carboxylic acids is 3. The van der Waals surface area contributed by atoms with E-state index in [-0.39, 0.29) is 25.4 Å². The average molecular weight is 529 g/mol. The van der Waals surface area contributed by atoms with Crippen LogP contribution in [-0.4, -0.2) is 82.9 Å². The molecular weight excluding hydrogens is 501 g/mol. The van der Waals surface area contributed by atoms with Crippen molar-refractivity contribution in [1.29, 1.82) is 5.26 Å². The van der Waals surface area contributed by atoms with Gasteiger partial charge < -0.3 is 34.5 Å². The summed E-state index contributed by atoms with van der Waals surface area (Å²) in [5.41, 5.74) is -1.54. The first-order valence-corrected chi connectivity index (χ1v) is 12.1. The molecule has 2 fully saturated rings. The number of hydrogen-bond donors (Lipinski definition) is 3. The quantitative estimate of drug-likeness (QED) is 0.345. The maximum Gasteiger partial charge on any atom is 0.552 e. The number of nitrogens with zero attached hydrogens (tertiary/aromatic N) is 2. The van der Waals surface area contributed by atoms with Crippen LogP contribution < -0.4 is 5.32 Å². The summed E-state index contributed by atoms with van der Waals surface area (Å²) in [4.78, 5) is 61.9. The lowest BCUT2D eigenvalue weighted by molar-refractivity contribution is -0.157. The van der Waals surface area contributed by atoms with Crippen LogP contribution >= 0.6 is 0 Å². The van der Waals surface area contributed by atoms with Crippen LogP contribution in [0.5, 0.6) is 0 Å². The predicted octanol–water partition coefficient (Wildman–Crippen LogP) is 0.908. The number of alkyl carbamates (subject to hydrolysis) is 1. The molecule has 1 aromatic rings. The molecular formula is C24H28BN3O10. The first-order valence-electron chi connectivity index (χ1n) is 12.1. The molecule has 1 aromatic carbocycles. The van der Waals surface area contributed by atoms with Crippen LogP contribution in [0.4, 0.5) is 4.79 Å². The molecule has 2 atom stereocenters. The van der Waals surface area contributed by atoms with Gasteiger partial charge in [0.15, 0.2) is 5.60 Å². The Kier molecular flexibility index (Phi) is 9.67. The fraction of sp³-hybridized carbons (Fsp3) is 0.500. The maximum absolute atomic E-state index is 12.8. The highest BCUT2D eigenvalue weighted by molar-refractivity contribution is 6.51. The van der Waals surface area contributed by atoms with Gasteiger partial charge in [0.25, 0.3) is 0 Å². The summed E-state index contributed by atoms with van der Waals surface area (Å²) in [7, 11) is -1.49. The third kappa shape index (κ3) is 7.45. The van der Waals surface area contributed by atoms with E-state index in [0.29, 0.717) is 18.5 Å². The number of carboxylic acid groups (broad SMARTS) is 2. The summed E-state index contributed by atoms with van der Waals surface area (Å²) in [5, 5.41) is 29.9. The zero-order chi connectivity index (χ0) is 27.7. The highest BCUT2D eigenvalue weighted by Crippen LogP contribution is 2.32. The number of benzene rings is 1. The highest BCUT2D eigenvalue weighted by atomic mass is 16.7. The molecule has 2 aliphatic heterocycles. The molecule has 38 heavy (non-hydrogen) atoms. The normalized spacial score (nSPS) is 19.1. The summed E-state index contributed by atoms with van der Waals surface area (Å²) in [6, 6.07) is 10.2. The lowest BCUT2D eigenvalue weighted by atomic mass is 9.75. The van der Waals surface area contributed by atoms with E-state index in [9.17, 15) is 34.2 Å². The number of nitriles is 1. The number of aliphatic carboxylic acids is 2. The number of likely N-dealkylation sites (tertiary alicyclic amines) is 1. The lowest BCUT2D eigenvalue weighted by Crippen LogP contribution is -2.51. The van der Waals surface area contributed by atoms with Gasteiger partial charge in [-0.05, 0) is 31.2 Å². The zero-order valence-electron chi connectivity index (χ0n) is 20.5. The Morgan fingerprint density at radius 3 is 2.50 bits per heavy atom. The number of hydrogen-bond acceptors (Lipinski definition) is 9. The minimum atomic E-state index is -2.26. The van der Waals surface area contributed by atoms with Gasteiger partial charge in [-0.1, -0.05) is 30.3 Å². The smallest absolute Gasteiger partial charge is 0.506 e. The van der Waals surface area contributed by atoms with E-state index < -0.39 is 61.5 Å². The van der Waals surface area contributed by atoms with E-state index in [1.54, 1.807) is 30.3 Å².